The Morgan fingerprint density at radius 1 is 1.45 bits per heavy atom. The van der Waals surface area contributed by atoms with Gasteiger partial charge < -0.3 is 30.4 Å². The summed E-state index contributed by atoms with van der Waals surface area (Å²) < 4.78 is 22.9. The van der Waals surface area contributed by atoms with Gasteiger partial charge in [-0.05, 0) is 6.42 Å². The van der Waals surface area contributed by atoms with Crippen molar-refractivity contribution in [1.29, 1.82) is 0 Å². The Balaban J connectivity index is 1.80. The molecule has 2 aliphatic rings. The Bertz CT molecular complexity index is 1140. The maximum absolute atomic E-state index is 15.3. The van der Waals surface area contributed by atoms with Gasteiger partial charge in [0.05, 0.1) is 36.1 Å². The Hall–Kier alpha value is -3.30. The number of halogens is 1. The van der Waals surface area contributed by atoms with E-state index in [0.717, 1.165) is 26.1 Å². The van der Waals surface area contributed by atoms with E-state index < -0.39 is 22.8 Å². The molecule has 0 radical (unpaired) electrons. The molecule has 0 spiro atoms. The molecule has 1 aromatic carbocycles. The van der Waals surface area contributed by atoms with E-state index in [2.05, 4.69) is 15.2 Å². The number of ether oxygens (including phenoxy) is 1. The lowest BCUT2D eigenvalue weighted by molar-refractivity contribution is 0.0694. The number of aromatic nitrogens is 1. The van der Waals surface area contributed by atoms with Gasteiger partial charge in [0.15, 0.2) is 11.6 Å². The third kappa shape index (κ3) is 3.77. The van der Waals surface area contributed by atoms with Crippen LogP contribution < -0.4 is 21.2 Å². The Morgan fingerprint density at radius 2 is 2.23 bits per heavy atom. The highest BCUT2D eigenvalue weighted by Crippen LogP contribution is 2.42. The first-order valence-electron chi connectivity index (χ1n) is 10.2. The molecule has 2 aromatic rings. The number of rotatable bonds is 6. The van der Waals surface area contributed by atoms with Gasteiger partial charge in [-0.15, -0.1) is 0 Å². The zero-order chi connectivity index (χ0) is 22.3. The number of carboxylic acid groups (broad SMARTS) is 1. The monoisotopic (exact) mass is 431 g/mol. The maximum atomic E-state index is 15.3. The van der Waals surface area contributed by atoms with Crippen molar-refractivity contribution < 1.29 is 19.0 Å². The Morgan fingerprint density at radius 3 is 2.90 bits per heavy atom. The molecule has 4 rings (SSSR count). The van der Waals surface area contributed by atoms with Crippen LogP contribution in [-0.4, -0.2) is 59.7 Å². The normalized spacial score (nSPS) is 16.9. The molecule has 0 amide bonds. The van der Waals surface area contributed by atoms with Crippen molar-refractivity contribution in [2.24, 2.45) is 10.4 Å². The summed E-state index contributed by atoms with van der Waals surface area (Å²) in [5, 5.41) is 12.4. The average molecular weight is 431 g/mol. The van der Waals surface area contributed by atoms with Crippen LogP contribution in [0.4, 0.5) is 15.8 Å². The number of aliphatic imine (C=N–C) groups is 1. The quantitative estimate of drug-likeness (QED) is 0.472. The topological polar surface area (TPSA) is 122 Å². The van der Waals surface area contributed by atoms with Gasteiger partial charge in [0.1, 0.15) is 11.3 Å². The van der Waals surface area contributed by atoms with Crippen LogP contribution in [0, 0.1) is 11.2 Å². The predicted molar refractivity (Wildman–Crippen MR) is 117 cm³/mol. The molecular formula is C21H26FN5O4. The third-order valence-corrected chi connectivity index (χ3v) is 5.57. The fourth-order valence-corrected chi connectivity index (χ4v) is 4.05. The van der Waals surface area contributed by atoms with Gasteiger partial charge in [0.25, 0.3) is 0 Å². The van der Waals surface area contributed by atoms with Crippen molar-refractivity contribution in [2.75, 3.05) is 43.8 Å². The number of nitrogens with one attached hydrogen (secondary N) is 1. The second-order valence-electron chi connectivity index (χ2n) is 8.75. The second-order valence-corrected chi connectivity index (χ2v) is 8.75. The summed E-state index contributed by atoms with van der Waals surface area (Å²) in [4.78, 5) is 30.7. The lowest BCUT2D eigenvalue weighted by atomic mass is 9.94. The second kappa shape index (κ2) is 7.75. The smallest absolute Gasteiger partial charge is 0.341 e. The molecule has 4 N–H and O–H groups in total. The Kier molecular flexibility index (Phi) is 5.24. The minimum Gasteiger partial charge on any atom is -0.488 e. The number of anilines is 2. The highest BCUT2D eigenvalue weighted by atomic mass is 19.1. The molecule has 0 aliphatic carbocycles. The summed E-state index contributed by atoms with van der Waals surface area (Å²) in [6, 6.07) is 0. The number of carbonyl (C=O) groups is 1. The van der Waals surface area contributed by atoms with Gasteiger partial charge in [-0.2, -0.15) is 0 Å². The van der Waals surface area contributed by atoms with Crippen molar-refractivity contribution in [3.05, 3.63) is 27.8 Å². The SMILES string of the molecule is CC1(C)COc2c(NCCCN3C=NCC3)c(F)c(N)c3c(=O)c(C(=O)O)cn(c23)C1. The summed E-state index contributed by atoms with van der Waals surface area (Å²) in [6.07, 6.45) is 3.84. The van der Waals surface area contributed by atoms with E-state index in [1.165, 1.54) is 6.20 Å². The summed E-state index contributed by atoms with van der Waals surface area (Å²) in [5.41, 5.74) is 4.40. The molecule has 2 aliphatic heterocycles. The maximum Gasteiger partial charge on any atom is 0.341 e. The van der Waals surface area contributed by atoms with Gasteiger partial charge >= 0.3 is 5.97 Å². The van der Waals surface area contributed by atoms with Crippen LogP contribution in [0.25, 0.3) is 10.9 Å². The lowest BCUT2D eigenvalue weighted by Crippen LogP contribution is -2.26. The summed E-state index contributed by atoms with van der Waals surface area (Å²) in [7, 11) is 0. The number of pyridine rings is 1. The fraction of sp³-hybridized carbons (Fsp3) is 0.476. The summed E-state index contributed by atoms with van der Waals surface area (Å²) >= 11 is 0. The summed E-state index contributed by atoms with van der Waals surface area (Å²) in [5.74, 6) is -2.01. The lowest BCUT2D eigenvalue weighted by Gasteiger charge is -2.22. The van der Waals surface area contributed by atoms with Crippen LogP contribution in [0.3, 0.4) is 0 Å². The van der Waals surface area contributed by atoms with Gasteiger partial charge in [-0.1, -0.05) is 13.8 Å². The molecule has 3 heterocycles. The van der Waals surface area contributed by atoms with Crippen LogP contribution in [0.1, 0.15) is 30.6 Å². The van der Waals surface area contributed by atoms with E-state index >= 15 is 4.39 Å². The van der Waals surface area contributed by atoms with Gasteiger partial charge in [-0.25, -0.2) is 9.18 Å². The van der Waals surface area contributed by atoms with E-state index in [4.69, 9.17) is 10.5 Å². The molecule has 0 saturated carbocycles. The molecule has 166 valence electrons. The highest BCUT2D eigenvalue weighted by molar-refractivity contribution is 6.03. The molecule has 0 saturated heterocycles. The van der Waals surface area contributed by atoms with Crippen LogP contribution >= 0.6 is 0 Å². The first-order valence-corrected chi connectivity index (χ1v) is 10.2. The fourth-order valence-electron chi connectivity index (χ4n) is 4.05. The largest absolute Gasteiger partial charge is 0.488 e. The molecule has 0 bridgehead atoms. The van der Waals surface area contributed by atoms with Crippen molar-refractivity contribution in [1.82, 2.24) is 9.47 Å². The van der Waals surface area contributed by atoms with Crippen LogP contribution in [-0.2, 0) is 6.54 Å². The number of aromatic carboxylic acids is 1. The first kappa shape index (κ1) is 21.0. The predicted octanol–water partition coefficient (Wildman–Crippen LogP) is 1.99. The first-order chi connectivity index (χ1) is 14.7. The molecule has 0 unspecified atom stereocenters. The molecular weight excluding hydrogens is 405 g/mol. The number of nitrogens with two attached hydrogens (primary N) is 1. The van der Waals surface area contributed by atoms with E-state index in [0.29, 0.717) is 18.6 Å². The standard InChI is InChI=1S/C21H26FN5O4/c1-21(2)9-27-8-12(20(29)30)18(28)13-15(23)14(22)16(19(17(13)27)31-10-21)25-4-3-6-26-7-5-24-11-26/h8,11,25H,3-7,9-10,23H2,1-2H3,(H,29,30). The van der Waals surface area contributed by atoms with E-state index in [9.17, 15) is 14.7 Å². The van der Waals surface area contributed by atoms with Crippen LogP contribution in [0.2, 0.25) is 0 Å². The van der Waals surface area contributed by atoms with Crippen LogP contribution in [0.5, 0.6) is 5.75 Å². The molecule has 0 fully saturated rings. The number of benzene rings is 1. The van der Waals surface area contributed by atoms with Crippen molar-refractivity contribution in [2.45, 2.75) is 26.8 Å². The number of nitrogens with zero attached hydrogens (tertiary/aromatic N) is 3. The van der Waals surface area contributed by atoms with Crippen molar-refractivity contribution >= 4 is 34.6 Å². The third-order valence-electron chi connectivity index (χ3n) is 5.57. The van der Waals surface area contributed by atoms with Gasteiger partial charge in [0.2, 0.25) is 5.43 Å². The molecule has 31 heavy (non-hydrogen) atoms. The summed E-state index contributed by atoms with van der Waals surface area (Å²) in [6.45, 7) is 7.45. The zero-order valence-electron chi connectivity index (χ0n) is 17.6. The highest BCUT2D eigenvalue weighted by Gasteiger charge is 2.32. The van der Waals surface area contributed by atoms with Crippen LogP contribution in [0.15, 0.2) is 16.0 Å². The average Bonchev–Trinajstić information content (AvgIpc) is 3.18. The Labute approximate surface area is 178 Å². The molecule has 1 aromatic heterocycles. The number of hydrogen-bond donors (Lipinski definition) is 3. The molecule has 10 heteroatoms. The number of carboxylic acids is 1. The minimum absolute atomic E-state index is 0.0917. The van der Waals surface area contributed by atoms with Gasteiger partial charge in [-0.3, -0.25) is 9.79 Å². The minimum atomic E-state index is -1.38. The molecule has 0 atom stereocenters. The number of nitrogen functional groups attached to an aromatic ring is 1. The van der Waals surface area contributed by atoms with E-state index in [-0.39, 0.29) is 34.5 Å². The zero-order valence-corrected chi connectivity index (χ0v) is 17.6. The van der Waals surface area contributed by atoms with Crippen molar-refractivity contribution in [3.8, 4) is 5.75 Å². The van der Waals surface area contributed by atoms with Gasteiger partial charge in [0, 0.05) is 37.8 Å². The molecule has 9 nitrogen and oxygen atoms in total. The van der Waals surface area contributed by atoms with Crippen molar-refractivity contribution in [3.63, 3.8) is 0 Å². The number of hydrogen-bond acceptors (Lipinski definition) is 7. The van der Waals surface area contributed by atoms with E-state index in [1.54, 1.807) is 4.57 Å². The van der Waals surface area contributed by atoms with E-state index in [1.807, 2.05) is 20.2 Å².